The SMILES string of the molecule is CC1(C)C(=N)C(C)(C)c2cc(CCN3CCN(c4nsc5ccccc45)CC3)ccc21. The Labute approximate surface area is 189 Å². The van der Waals surface area contributed by atoms with Crippen molar-refractivity contribution in [2.45, 2.75) is 44.9 Å². The van der Waals surface area contributed by atoms with E-state index < -0.39 is 0 Å². The molecular formula is C26H32N4S. The van der Waals surface area contributed by atoms with Crippen LogP contribution in [0.3, 0.4) is 0 Å². The Hall–Kier alpha value is -2.24. The highest BCUT2D eigenvalue weighted by molar-refractivity contribution is 7.13. The normalized spacial score (nSPS) is 20.4. The van der Waals surface area contributed by atoms with Gasteiger partial charge in [-0.25, -0.2) is 0 Å². The zero-order chi connectivity index (χ0) is 21.8. The van der Waals surface area contributed by atoms with Gasteiger partial charge in [0.2, 0.25) is 0 Å². The zero-order valence-corrected chi connectivity index (χ0v) is 19.9. The maximum absolute atomic E-state index is 8.68. The molecule has 0 amide bonds. The predicted octanol–water partition coefficient (Wildman–Crippen LogP) is 5.25. The third-order valence-corrected chi connectivity index (χ3v) is 8.24. The van der Waals surface area contributed by atoms with Gasteiger partial charge < -0.3 is 10.3 Å². The fourth-order valence-electron chi connectivity index (χ4n) is 5.43. The number of hydrogen-bond acceptors (Lipinski definition) is 5. The molecule has 1 saturated heterocycles. The molecule has 2 aromatic carbocycles. The monoisotopic (exact) mass is 432 g/mol. The molecule has 1 aliphatic carbocycles. The maximum atomic E-state index is 8.68. The molecule has 0 bridgehead atoms. The van der Waals surface area contributed by atoms with E-state index in [9.17, 15) is 0 Å². The largest absolute Gasteiger partial charge is 0.353 e. The molecule has 0 radical (unpaired) electrons. The molecule has 162 valence electrons. The number of nitrogens with one attached hydrogen (secondary N) is 1. The Kier molecular flexibility index (Phi) is 4.94. The van der Waals surface area contributed by atoms with Crippen molar-refractivity contribution in [1.82, 2.24) is 9.27 Å². The van der Waals surface area contributed by atoms with E-state index in [1.807, 2.05) is 0 Å². The summed E-state index contributed by atoms with van der Waals surface area (Å²) in [6.07, 6.45) is 1.07. The Morgan fingerprint density at radius 2 is 1.65 bits per heavy atom. The van der Waals surface area contributed by atoms with Gasteiger partial charge in [0, 0.05) is 54.7 Å². The first-order chi connectivity index (χ1) is 14.8. The van der Waals surface area contributed by atoms with Crippen molar-refractivity contribution in [2.24, 2.45) is 0 Å². The van der Waals surface area contributed by atoms with Crippen LogP contribution in [0.25, 0.3) is 10.1 Å². The van der Waals surface area contributed by atoms with Gasteiger partial charge in [-0.3, -0.25) is 4.90 Å². The molecule has 0 spiro atoms. The van der Waals surface area contributed by atoms with Crippen molar-refractivity contribution in [3.8, 4) is 0 Å². The van der Waals surface area contributed by atoms with E-state index in [1.165, 1.54) is 26.8 Å². The number of anilines is 1. The highest BCUT2D eigenvalue weighted by Crippen LogP contribution is 2.46. The quantitative estimate of drug-likeness (QED) is 0.612. The molecule has 4 nitrogen and oxygen atoms in total. The molecule has 0 atom stereocenters. The van der Waals surface area contributed by atoms with Gasteiger partial charge in [-0.2, -0.15) is 4.37 Å². The molecule has 3 aromatic rings. The van der Waals surface area contributed by atoms with Crippen LogP contribution in [0.4, 0.5) is 5.82 Å². The molecule has 1 aliphatic heterocycles. The van der Waals surface area contributed by atoms with E-state index in [1.54, 1.807) is 11.5 Å². The van der Waals surface area contributed by atoms with Crippen LogP contribution in [-0.2, 0) is 17.3 Å². The van der Waals surface area contributed by atoms with Crippen molar-refractivity contribution < 1.29 is 0 Å². The average molecular weight is 433 g/mol. The lowest BCUT2D eigenvalue weighted by molar-refractivity contribution is 0.260. The van der Waals surface area contributed by atoms with E-state index in [-0.39, 0.29) is 10.8 Å². The molecule has 1 aromatic heterocycles. The van der Waals surface area contributed by atoms with E-state index >= 15 is 0 Å². The second-order valence-corrected chi connectivity index (χ2v) is 10.9. The molecule has 0 unspecified atom stereocenters. The third-order valence-electron chi connectivity index (χ3n) is 7.43. The minimum atomic E-state index is -0.170. The summed E-state index contributed by atoms with van der Waals surface area (Å²) >= 11 is 1.60. The summed E-state index contributed by atoms with van der Waals surface area (Å²) in [5.41, 5.74) is 4.57. The first-order valence-electron chi connectivity index (χ1n) is 11.3. The summed E-state index contributed by atoms with van der Waals surface area (Å²) in [6.45, 7) is 14.1. The van der Waals surface area contributed by atoms with Crippen molar-refractivity contribution in [3.63, 3.8) is 0 Å². The smallest absolute Gasteiger partial charge is 0.150 e. The van der Waals surface area contributed by atoms with Crippen LogP contribution >= 0.6 is 11.5 Å². The lowest BCUT2D eigenvalue weighted by Gasteiger charge is -2.35. The van der Waals surface area contributed by atoms with Gasteiger partial charge in [0.15, 0.2) is 0 Å². The minimum Gasteiger partial charge on any atom is -0.353 e. The lowest BCUT2D eigenvalue weighted by Crippen LogP contribution is -2.47. The fourth-order valence-corrected chi connectivity index (χ4v) is 6.23. The summed E-state index contributed by atoms with van der Waals surface area (Å²) < 4.78 is 6.01. The molecule has 1 N–H and O–H groups in total. The lowest BCUT2D eigenvalue weighted by atomic mass is 9.79. The van der Waals surface area contributed by atoms with Gasteiger partial charge in [-0.1, -0.05) is 58.0 Å². The van der Waals surface area contributed by atoms with Crippen LogP contribution in [0.1, 0.15) is 44.4 Å². The number of nitrogens with zero attached hydrogens (tertiary/aromatic N) is 3. The number of rotatable bonds is 4. The standard InChI is InChI=1S/C26H32N4S/c1-25(2)20-10-9-18(17-21(20)26(3,4)24(25)27)11-12-29-13-15-30(16-14-29)23-19-7-5-6-8-22(19)31-28-23/h5-10,17,27H,11-16H2,1-4H3. The number of benzene rings is 2. The van der Waals surface area contributed by atoms with Crippen molar-refractivity contribution in [2.75, 3.05) is 37.6 Å². The number of hydrogen-bond donors (Lipinski definition) is 1. The Bertz CT molecular complexity index is 1140. The van der Waals surface area contributed by atoms with Crippen molar-refractivity contribution in [3.05, 3.63) is 59.2 Å². The summed E-state index contributed by atoms with van der Waals surface area (Å²) in [5.74, 6) is 1.16. The highest BCUT2D eigenvalue weighted by Gasteiger charge is 2.47. The van der Waals surface area contributed by atoms with Gasteiger partial charge in [-0.15, -0.1) is 0 Å². The van der Waals surface area contributed by atoms with E-state index in [0.29, 0.717) is 0 Å². The van der Waals surface area contributed by atoms with Crippen LogP contribution in [0.2, 0.25) is 0 Å². The predicted molar refractivity (Wildman–Crippen MR) is 132 cm³/mol. The molecule has 1 fully saturated rings. The van der Waals surface area contributed by atoms with Gasteiger partial charge >= 0.3 is 0 Å². The van der Waals surface area contributed by atoms with Crippen LogP contribution in [0.15, 0.2) is 42.5 Å². The highest BCUT2D eigenvalue weighted by atomic mass is 32.1. The number of piperazine rings is 1. The van der Waals surface area contributed by atoms with Crippen LogP contribution in [0, 0.1) is 5.41 Å². The van der Waals surface area contributed by atoms with Gasteiger partial charge in [0.05, 0.1) is 4.70 Å². The Morgan fingerprint density at radius 3 is 2.42 bits per heavy atom. The molecule has 31 heavy (non-hydrogen) atoms. The van der Waals surface area contributed by atoms with Crippen molar-refractivity contribution in [1.29, 1.82) is 5.41 Å². The average Bonchev–Trinajstić information content (AvgIpc) is 3.26. The molecule has 2 heterocycles. The zero-order valence-electron chi connectivity index (χ0n) is 19.0. The second-order valence-electron chi connectivity index (χ2n) is 10.1. The van der Waals surface area contributed by atoms with Gasteiger partial charge in [0.1, 0.15) is 5.82 Å². The molecule has 2 aliphatic rings. The van der Waals surface area contributed by atoms with Crippen molar-refractivity contribution >= 4 is 33.1 Å². The van der Waals surface area contributed by atoms with Crippen LogP contribution in [0.5, 0.6) is 0 Å². The number of aromatic nitrogens is 1. The fraction of sp³-hybridized carbons (Fsp3) is 0.462. The maximum Gasteiger partial charge on any atom is 0.150 e. The van der Waals surface area contributed by atoms with Gasteiger partial charge in [-0.05, 0) is 46.8 Å². The third kappa shape index (κ3) is 3.39. The van der Waals surface area contributed by atoms with E-state index in [4.69, 9.17) is 9.78 Å². The second kappa shape index (κ2) is 7.42. The molecule has 0 saturated carbocycles. The molecule has 5 rings (SSSR count). The Morgan fingerprint density at radius 1 is 0.935 bits per heavy atom. The minimum absolute atomic E-state index is 0.159. The first kappa shape index (κ1) is 20.7. The molecule has 5 heteroatoms. The summed E-state index contributed by atoms with van der Waals surface area (Å²) in [5, 5.41) is 9.97. The van der Waals surface area contributed by atoms with E-state index in [0.717, 1.165) is 50.7 Å². The van der Waals surface area contributed by atoms with Crippen LogP contribution in [-0.4, -0.2) is 47.7 Å². The molecular weight excluding hydrogens is 400 g/mol. The topological polar surface area (TPSA) is 43.2 Å². The van der Waals surface area contributed by atoms with Gasteiger partial charge in [0.25, 0.3) is 0 Å². The first-order valence-corrected chi connectivity index (χ1v) is 12.1. The van der Waals surface area contributed by atoms with Crippen LogP contribution < -0.4 is 4.90 Å². The number of fused-ring (bicyclic) bond motifs is 2. The summed E-state index contributed by atoms with van der Waals surface area (Å²) in [6, 6.07) is 15.5. The Balaban J connectivity index is 1.23. The summed E-state index contributed by atoms with van der Waals surface area (Å²) in [7, 11) is 0. The van der Waals surface area contributed by atoms with E-state index in [2.05, 4.69) is 80.0 Å². The summed E-state index contributed by atoms with van der Waals surface area (Å²) in [4.78, 5) is 5.02.